The van der Waals surface area contributed by atoms with Crippen LogP contribution in [0, 0.1) is 0 Å². The fourth-order valence-electron chi connectivity index (χ4n) is 5.10. The summed E-state index contributed by atoms with van der Waals surface area (Å²) in [7, 11) is 11.2. The molecule has 3 rings (SSSR count). The van der Waals surface area contributed by atoms with Crippen LogP contribution < -0.4 is 28.4 Å². The van der Waals surface area contributed by atoms with Crippen LogP contribution in [0.15, 0.2) is 30.3 Å². The van der Waals surface area contributed by atoms with Gasteiger partial charge in [0.2, 0.25) is 11.5 Å². The van der Waals surface area contributed by atoms with Crippen LogP contribution in [-0.2, 0) is 14.3 Å². The van der Waals surface area contributed by atoms with E-state index in [1.54, 1.807) is 30.3 Å². The van der Waals surface area contributed by atoms with E-state index < -0.39 is 11.9 Å². The molecule has 1 aliphatic carbocycles. The minimum absolute atomic E-state index is 0.158. The van der Waals surface area contributed by atoms with Gasteiger partial charge in [0.15, 0.2) is 23.0 Å². The number of benzene rings is 2. The second-order valence-electron chi connectivity index (χ2n) is 10.0. The highest BCUT2D eigenvalue weighted by molar-refractivity contribution is 5.91. The van der Waals surface area contributed by atoms with Crippen molar-refractivity contribution in [1.82, 2.24) is 4.90 Å². The molecule has 0 heterocycles. The average Bonchev–Trinajstić information content (AvgIpc) is 3.04. The van der Waals surface area contributed by atoms with Crippen LogP contribution in [0.4, 0.5) is 0 Å². The number of methoxy groups -OCH3 is 6. The van der Waals surface area contributed by atoms with Crippen molar-refractivity contribution >= 4 is 18.0 Å². The zero-order chi connectivity index (χ0) is 31.4. The Morgan fingerprint density at radius 1 is 0.767 bits per heavy atom. The largest absolute Gasteiger partial charge is 0.493 e. The van der Waals surface area contributed by atoms with E-state index in [-0.39, 0.29) is 6.10 Å². The molecule has 236 valence electrons. The van der Waals surface area contributed by atoms with Gasteiger partial charge in [-0.3, -0.25) is 0 Å². The number of esters is 2. The van der Waals surface area contributed by atoms with Gasteiger partial charge in [-0.05, 0) is 75.1 Å². The van der Waals surface area contributed by atoms with Gasteiger partial charge < -0.3 is 42.8 Å². The summed E-state index contributed by atoms with van der Waals surface area (Å²) in [5, 5.41) is 0. The summed E-state index contributed by atoms with van der Waals surface area (Å²) in [6.45, 7) is 1.09. The summed E-state index contributed by atoms with van der Waals surface area (Å²) in [4.78, 5) is 27.4. The fourth-order valence-corrected chi connectivity index (χ4v) is 5.10. The van der Waals surface area contributed by atoms with Crippen LogP contribution in [-0.4, -0.2) is 91.8 Å². The summed E-state index contributed by atoms with van der Waals surface area (Å²) in [5.41, 5.74) is 1.07. The van der Waals surface area contributed by atoms with Gasteiger partial charge in [0.1, 0.15) is 6.10 Å². The SMILES string of the molecule is COc1cc(/C=C/C(=O)OCCCN(C)C2CCC(OC(=O)c3cc(OC)c(OC)c(OC)c3)CC2)cc(OC)c1OC. The Hall–Kier alpha value is -4.12. The molecule has 43 heavy (non-hydrogen) atoms. The lowest BCUT2D eigenvalue weighted by molar-refractivity contribution is -0.137. The third-order valence-electron chi connectivity index (χ3n) is 7.44. The van der Waals surface area contributed by atoms with Crippen LogP contribution in [0.5, 0.6) is 34.5 Å². The van der Waals surface area contributed by atoms with Gasteiger partial charge in [0.05, 0.1) is 54.8 Å². The second kappa shape index (κ2) is 16.5. The molecule has 1 saturated carbocycles. The minimum atomic E-state index is -0.425. The van der Waals surface area contributed by atoms with Gasteiger partial charge in [0, 0.05) is 18.7 Å². The first-order chi connectivity index (χ1) is 20.8. The Balaban J connectivity index is 1.40. The first-order valence-electron chi connectivity index (χ1n) is 14.1. The minimum Gasteiger partial charge on any atom is -0.493 e. The average molecular weight is 602 g/mol. The molecular formula is C32H43NO10. The smallest absolute Gasteiger partial charge is 0.338 e. The number of nitrogens with zero attached hydrogens (tertiary/aromatic N) is 1. The van der Waals surface area contributed by atoms with Gasteiger partial charge in [-0.15, -0.1) is 0 Å². The predicted octanol–water partition coefficient (Wildman–Crippen LogP) is 4.78. The number of rotatable bonds is 15. The summed E-state index contributed by atoms with van der Waals surface area (Å²) < 4.78 is 43.2. The normalized spacial score (nSPS) is 16.5. The van der Waals surface area contributed by atoms with Crippen LogP contribution in [0.2, 0.25) is 0 Å². The number of carbonyl (C=O) groups is 2. The zero-order valence-electron chi connectivity index (χ0n) is 26.1. The molecule has 1 fully saturated rings. The molecule has 1 aliphatic rings. The van der Waals surface area contributed by atoms with E-state index in [2.05, 4.69) is 11.9 Å². The molecule has 0 bridgehead atoms. The Bertz CT molecular complexity index is 1200. The third kappa shape index (κ3) is 8.93. The van der Waals surface area contributed by atoms with Crippen molar-refractivity contribution in [2.75, 3.05) is 62.9 Å². The monoisotopic (exact) mass is 601 g/mol. The van der Waals surface area contributed by atoms with E-state index in [0.29, 0.717) is 59.1 Å². The molecule has 0 radical (unpaired) electrons. The molecule has 2 aromatic carbocycles. The van der Waals surface area contributed by atoms with E-state index in [0.717, 1.165) is 37.8 Å². The molecule has 2 aromatic rings. The van der Waals surface area contributed by atoms with Crippen LogP contribution in [0.25, 0.3) is 6.08 Å². The molecule has 0 aliphatic heterocycles. The maximum Gasteiger partial charge on any atom is 0.338 e. The van der Waals surface area contributed by atoms with Gasteiger partial charge in [-0.1, -0.05) is 0 Å². The van der Waals surface area contributed by atoms with E-state index >= 15 is 0 Å². The molecule has 11 heteroatoms. The summed E-state index contributed by atoms with van der Waals surface area (Å²) in [6.07, 6.45) is 6.92. The lowest BCUT2D eigenvalue weighted by atomic mass is 9.92. The predicted molar refractivity (Wildman–Crippen MR) is 161 cm³/mol. The molecule has 0 spiro atoms. The molecule has 0 atom stereocenters. The van der Waals surface area contributed by atoms with Gasteiger partial charge >= 0.3 is 11.9 Å². The lowest BCUT2D eigenvalue weighted by Gasteiger charge is -2.34. The summed E-state index contributed by atoms with van der Waals surface area (Å²) >= 11 is 0. The summed E-state index contributed by atoms with van der Waals surface area (Å²) in [6, 6.07) is 7.07. The quantitative estimate of drug-likeness (QED) is 0.160. The van der Waals surface area contributed by atoms with E-state index in [9.17, 15) is 9.59 Å². The van der Waals surface area contributed by atoms with Crippen molar-refractivity contribution in [1.29, 1.82) is 0 Å². The van der Waals surface area contributed by atoms with Crippen molar-refractivity contribution in [3.8, 4) is 34.5 Å². The van der Waals surface area contributed by atoms with E-state index in [1.807, 2.05) is 0 Å². The highest BCUT2D eigenvalue weighted by atomic mass is 16.6. The topological polar surface area (TPSA) is 111 Å². The Labute approximate surface area is 253 Å². The Kier molecular flexibility index (Phi) is 12.8. The molecule has 11 nitrogen and oxygen atoms in total. The molecule has 0 unspecified atom stereocenters. The number of hydrogen-bond acceptors (Lipinski definition) is 11. The second-order valence-corrected chi connectivity index (χ2v) is 10.0. The van der Waals surface area contributed by atoms with Crippen molar-refractivity contribution in [2.24, 2.45) is 0 Å². The standard InChI is InChI=1S/C32H43NO10/c1-33(15-8-16-42-29(34)14-9-21-17-25(36-2)30(40-6)26(18-21)37-3)23-10-12-24(13-11-23)43-32(35)22-19-27(38-4)31(41-7)28(20-22)39-5/h9,14,17-20,23-24H,8,10-13,15-16H2,1-7H3/b14-9+. The Morgan fingerprint density at radius 3 is 1.77 bits per heavy atom. The fraction of sp³-hybridized carbons (Fsp3) is 0.500. The van der Waals surface area contributed by atoms with E-state index in [1.165, 1.54) is 48.7 Å². The van der Waals surface area contributed by atoms with Gasteiger partial charge in [-0.25, -0.2) is 9.59 Å². The molecule has 0 aromatic heterocycles. The highest BCUT2D eigenvalue weighted by Gasteiger charge is 2.27. The number of ether oxygens (including phenoxy) is 8. The van der Waals surface area contributed by atoms with Crippen LogP contribution in [0.1, 0.15) is 48.0 Å². The lowest BCUT2D eigenvalue weighted by Crippen LogP contribution is -2.38. The maximum atomic E-state index is 12.9. The zero-order valence-corrected chi connectivity index (χ0v) is 26.1. The number of carbonyl (C=O) groups excluding carboxylic acids is 2. The summed E-state index contributed by atoms with van der Waals surface area (Å²) in [5.74, 6) is 1.88. The van der Waals surface area contributed by atoms with Gasteiger partial charge in [0.25, 0.3) is 0 Å². The maximum absolute atomic E-state index is 12.9. The van der Waals surface area contributed by atoms with Crippen LogP contribution in [0.3, 0.4) is 0 Å². The molecule has 0 amide bonds. The Morgan fingerprint density at radius 2 is 1.28 bits per heavy atom. The van der Waals surface area contributed by atoms with Crippen molar-refractivity contribution in [3.63, 3.8) is 0 Å². The van der Waals surface area contributed by atoms with Crippen molar-refractivity contribution in [2.45, 2.75) is 44.2 Å². The third-order valence-corrected chi connectivity index (χ3v) is 7.44. The van der Waals surface area contributed by atoms with Crippen molar-refractivity contribution in [3.05, 3.63) is 41.5 Å². The first kappa shape index (κ1) is 33.4. The van der Waals surface area contributed by atoms with Crippen LogP contribution >= 0.6 is 0 Å². The molecule has 0 saturated heterocycles. The van der Waals surface area contributed by atoms with Gasteiger partial charge in [-0.2, -0.15) is 0 Å². The van der Waals surface area contributed by atoms with E-state index in [4.69, 9.17) is 37.9 Å². The number of hydrogen-bond donors (Lipinski definition) is 0. The molecular weight excluding hydrogens is 558 g/mol. The highest BCUT2D eigenvalue weighted by Crippen LogP contribution is 2.39. The van der Waals surface area contributed by atoms with Crippen molar-refractivity contribution < 1.29 is 47.5 Å². The molecule has 0 N–H and O–H groups in total. The first-order valence-corrected chi connectivity index (χ1v) is 14.1.